The van der Waals surface area contributed by atoms with E-state index in [2.05, 4.69) is 19.2 Å². The van der Waals surface area contributed by atoms with Gasteiger partial charge in [-0.05, 0) is 38.0 Å². The first kappa shape index (κ1) is 16.0. The van der Waals surface area contributed by atoms with Crippen LogP contribution < -0.4 is 5.32 Å². The van der Waals surface area contributed by atoms with E-state index in [-0.39, 0.29) is 17.9 Å². The van der Waals surface area contributed by atoms with Crippen LogP contribution >= 0.6 is 0 Å². The van der Waals surface area contributed by atoms with Gasteiger partial charge in [0.15, 0.2) is 0 Å². The van der Waals surface area contributed by atoms with Crippen molar-refractivity contribution in [3.63, 3.8) is 0 Å². The zero-order valence-corrected chi connectivity index (χ0v) is 12.6. The van der Waals surface area contributed by atoms with E-state index in [4.69, 9.17) is 0 Å². The van der Waals surface area contributed by atoms with Crippen LogP contribution in [0.5, 0.6) is 0 Å². The van der Waals surface area contributed by atoms with Gasteiger partial charge in [0.2, 0.25) is 11.8 Å². The number of amides is 2. The lowest BCUT2D eigenvalue weighted by molar-refractivity contribution is -0.137. The fourth-order valence-corrected chi connectivity index (χ4v) is 2.52. The molecule has 0 bridgehead atoms. The molecule has 1 heterocycles. The molecule has 110 valence electrons. The summed E-state index contributed by atoms with van der Waals surface area (Å²) < 4.78 is 0. The van der Waals surface area contributed by atoms with E-state index in [1.165, 1.54) is 6.42 Å². The molecule has 0 saturated carbocycles. The Bertz CT molecular complexity index is 297. The van der Waals surface area contributed by atoms with E-state index in [0.29, 0.717) is 12.3 Å². The molecule has 4 heteroatoms. The third-order valence-corrected chi connectivity index (χ3v) is 3.49. The Labute approximate surface area is 116 Å². The van der Waals surface area contributed by atoms with Crippen LogP contribution in [0.15, 0.2) is 0 Å². The van der Waals surface area contributed by atoms with Crippen molar-refractivity contribution in [2.75, 3.05) is 13.1 Å². The molecule has 0 unspecified atom stereocenters. The Morgan fingerprint density at radius 3 is 2.32 bits per heavy atom. The number of carbonyl (C=O) groups is 2. The molecule has 19 heavy (non-hydrogen) atoms. The number of piperidine rings is 1. The van der Waals surface area contributed by atoms with Gasteiger partial charge in [0.25, 0.3) is 0 Å². The lowest BCUT2D eigenvalue weighted by Gasteiger charge is -2.31. The Balaban J connectivity index is 2.60. The van der Waals surface area contributed by atoms with E-state index in [1.807, 2.05) is 11.8 Å². The van der Waals surface area contributed by atoms with Gasteiger partial charge in [0.1, 0.15) is 6.04 Å². The van der Waals surface area contributed by atoms with Crippen molar-refractivity contribution in [1.29, 1.82) is 0 Å². The lowest BCUT2D eigenvalue weighted by Crippen LogP contribution is -2.50. The Hall–Kier alpha value is -1.06. The molecule has 0 radical (unpaired) electrons. The molecule has 1 aliphatic rings. The number of likely N-dealkylation sites (tertiary alicyclic amines) is 1. The summed E-state index contributed by atoms with van der Waals surface area (Å²) in [4.78, 5) is 26.1. The zero-order chi connectivity index (χ0) is 14.3. The number of hydrogen-bond donors (Lipinski definition) is 1. The van der Waals surface area contributed by atoms with Crippen molar-refractivity contribution in [2.24, 2.45) is 5.92 Å². The highest BCUT2D eigenvalue weighted by Gasteiger charge is 2.27. The summed E-state index contributed by atoms with van der Waals surface area (Å²) in [5, 5.41) is 2.92. The summed E-state index contributed by atoms with van der Waals surface area (Å²) >= 11 is 0. The highest BCUT2D eigenvalue weighted by atomic mass is 16.2. The largest absolute Gasteiger partial charge is 0.344 e. The predicted molar refractivity (Wildman–Crippen MR) is 76.7 cm³/mol. The number of nitrogens with zero attached hydrogens (tertiary/aromatic N) is 1. The summed E-state index contributed by atoms with van der Waals surface area (Å²) in [6.07, 6.45) is 5.43. The van der Waals surface area contributed by atoms with Gasteiger partial charge in [0, 0.05) is 19.5 Å². The monoisotopic (exact) mass is 268 g/mol. The van der Waals surface area contributed by atoms with Gasteiger partial charge in [-0.25, -0.2) is 0 Å². The smallest absolute Gasteiger partial charge is 0.245 e. The van der Waals surface area contributed by atoms with Crippen molar-refractivity contribution >= 4 is 11.8 Å². The number of carbonyl (C=O) groups excluding carboxylic acids is 2. The minimum atomic E-state index is -0.336. The van der Waals surface area contributed by atoms with Crippen molar-refractivity contribution in [2.45, 2.75) is 65.3 Å². The molecule has 1 aliphatic heterocycles. The summed E-state index contributed by atoms with van der Waals surface area (Å²) in [6.45, 7) is 7.84. The van der Waals surface area contributed by atoms with Crippen LogP contribution in [0.3, 0.4) is 0 Å². The second-order valence-corrected chi connectivity index (χ2v) is 5.89. The highest BCUT2D eigenvalue weighted by Crippen LogP contribution is 2.14. The minimum Gasteiger partial charge on any atom is -0.344 e. The third-order valence-electron chi connectivity index (χ3n) is 3.49. The summed E-state index contributed by atoms with van der Waals surface area (Å²) in [6, 6.07) is -0.336. The summed E-state index contributed by atoms with van der Waals surface area (Å²) in [5.74, 6) is 0.511. The van der Waals surface area contributed by atoms with Gasteiger partial charge in [0.05, 0.1) is 0 Å². The standard InChI is InChI=1S/C15H28N2O2/c1-4-8-14(18)16-13(11-12(2)3)15(19)17-9-6-5-7-10-17/h12-13H,4-11H2,1-3H3,(H,16,18)/t13-/m0/s1. The highest BCUT2D eigenvalue weighted by molar-refractivity contribution is 5.87. The van der Waals surface area contributed by atoms with Crippen LogP contribution in [0.2, 0.25) is 0 Å². The molecule has 1 rings (SSSR count). The molecule has 1 fully saturated rings. The van der Waals surface area contributed by atoms with Gasteiger partial charge in [-0.1, -0.05) is 20.8 Å². The van der Waals surface area contributed by atoms with Crippen molar-refractivity contribution in [1.82, 2.24) is 10.2 Å². The Kier molecular flexibility index (Phi) is 6.89. The van der Waals surface area contributed by atoms with E-state index >= 15 is 0 Å². The molecule has 2 amide bonds. The van der Waals surface area contributed by atoms with Crippen LogP contribution in [-0.4, -0.2) is 35.8 Å². The second kappa shape index (κ2) is 8.18. The quantitative estimate of drug-likeness (QED) is 0.804. The predicted octanol–water partition coefficient (Wildman–Crippen LogP) is 2.33. The third kappa shape index (κ3) is 5.62. The number of hydrogen-bond acceptors (Lipinski definition) is 2. The van der Waals surface area contributed by atoms with Gasteiger partial charge in [-0.3, -0.25) is 9.59 Å². The van der Waals surface area contributed by atoms with E-state index in [9.17, 15) is 9.59 Å². The lowest BCUT2D eigenvalue weighted by atomic mass is 10.0. The van der Waals surface area contributed by atoms with E-state index < -0.39 is 0 Å². The molecule has 0 aliphatic carbocycles. The van der Waals surface area contributed by atoms with Gasteiger partial charge < -0.3 is 10.2 Å². The molecule has 0 spiro atoms. The SMILES string of the molecule is CCCC(=O)N[C@@H](CC(C)C)C(=O)N1CCCCC1. The molecule has 0 aromatic heterocycles. The molecular formula is C15H28N2O2. The first-order valence-corrected chi connectivity index (χ1v) is 7.62. The molecule has 1 atom stereocenters. The molecule has 0 aromatic carbocycles. The van der Waals surface area contributed by atoms with Crippen LogP contribution in [-0.2, 0) is 9.59 Å². The molecule has 0 aromatic rings. The second-order valence-electron chi connectivity index (χ2n) is 5.89. The van der Waals surface area contributed by atoms with Crippen molar-refractivity contribution in [3.05, 3.63) is 0 Å². The topological polar surface area (TPSA) is 49.4 Å². The summed E-state index contributed by atoms with van der Waals surface area (Å²) in [5.41, 5.74) is 0. The maximum Gasteiger partial charge on any atom is 0.245 e. The van der Waals surface area contributed by atoms with Gasteiger partial charge in [-0.2, -0.15) is 0 Å². The average Bonchev–Trinajstić information content (AvgIpc) is 2.38. The first-order chi connectivity index (χ1) is 9.04. The fraction of sp³-hybridized carbons (Fsp3) is 0.867. The number of nitrogens with one attached hydrogen (secondary N) is 1. The first-order valence-electron chi connectivity index (χ1n) is 7.62. The Morgan fingerprint density at radius 1 is 1.16 bits per heavy atom. The van der Waals surface area contributed by atoms with Gasteiger partial charge in [-0.15, -0.1) is 0 Å². The minimum absolute atomic E-state index is 0.00138. The van der Waals surface area contributed by atoms with Crippen LogP contribution in [0.1, 0.15) is 59.3 Å². The summed E-state index contributed by atoms with van der Waals surface area (Å²) in [7, 11) is 0. The average molecular weight is 268 g/mol. The Morgan fingerprint density at radius 2 is 1.79 bits per heavy atom. The fourth-order valence-electron chi connectivity index (χ4n) is 2.52. The maximum atomic E-state index is 12.5. The molecule has 1 N–H and O–H groups in total. The van der Waals surface area contributed by atoms with Crippen molar-refractivity contribution < 1.29 is 9.59 Å². The molecule has 1 saturated heterocycles. The molecule has 4 nitrogen and oxygen atoms in total. The van der Waals surface area contributed by atoms with Crippen LogP contribution in [0.4, 0.5) is 0 Å². The zero-order valence-electron chi connectivity index (χ0n) is 12.6. The van der Waals surface area contributed by atoms with E-state index in [1.54, 1.807) is 0 Å². The van der Waals surface area contributed by atoms with Gasteiger partial charge >= 0.3 is 0 Å². The number of rotatable bonds is 6. The molecular weight excluding hydrogens is 240 g/mol. The van der Waals surface area contributed by atoms with Crippen molar-refractivity contribution in [3.8, 4) is 0 Å². The maximum absolute atomic E-state index is 12.5. The van der Waals surface area contributed by atoms with E-state index in [0.717, 1.165) is 38.8 Å². The van der Waals surface area contributed by atoms with Crippen LogP contribution in [0, 0.1) is 5.92 Å². The normalized spacial score (nSPS) is 17.4. The van der Waals surface area contributed by atoms with Crippen LogP contribution in [0.25, 0.3) is 0 Å².